The summed E-state index contributed by atoms with van der Waals surface area (Å²) in [5.41, 5.74) is 0. The molecule has 4 heteroatoms. The molecule has 0 heterocycles. The number of halogens is 3. The Balaban J connectivity index is 1.88. The molecule has 19 heavy (non-hydrogen) atoms. The second-order valence-corrected chi connectivity index (χ2v) is 6.77. The van der Waals surface area contributed by atoms with Gasteiger partial charge in [-0.25, -0.2) is 0 Å². The first-order chi connectivity index (χ1) is 8.86. The molecule has 112 valence electrons. The van der Waals surface area contributed by atoms with Gasteiger partial charge in [-0.3, -0.25) is 0 Å². The van der Waals surface area contributed by atoms with Gasteiger partial charge in [0.1, 0.15) is 0 Å². The molecule has 0 aromatic heterocycles. The number of hydrogen-bond acceptors (Lipinski definition) is 1. The Hall–Kier alpha value is -0.250. The van der Waals surface area contributed by atoms with Crippen LogP contribution >= 0.6 is 0 Å². The van der Waals surface area contributed by atoms with E-state index in [2.05, 4.69) is 19.2 Å². The van der Waals surface area contributed by atoms with Gasteiger partial charge in [-0.05, 0) is 43.9 Å². The van der Waals surface area contributed by atoms with Crippen LogP contribution in [0.1, 0.15) is 58.8 Å². The van der Waals surface area contributed by atoms with Gasteiger partial charge in [0.2, 0.25) is 0 Å². The Kier molecular flexibility index (Phi) is 4.80. The van der Waals surface area contributed by atoms with Crippen LogP contribution in [0.4, 0.5) is 13.2 Å². The molecule has 1 N–H and O–H groups in total. The molecule has 5 atom stereocenters. The summed E-state index contributed by atoms with van der Waals surface area (Å²) in [6, 6.07) is 0.485. The number of hydrogen-bond donors (Lipinski definition) is 1. The van der Waals surface area contributed by atoms with E-state index in [1.54, 1.807) is 0 Å². The van der Waals surface area contributed by atoms with Gasteiger partial charge in [0, 0.05) is 12.1 Å². The fourth-order valence-electron chi connectivity index (χ4n) is 3.71. The second kappa shape index (κ2) is 6.02. The van der Waals surface area contributed by atoms with Crippen LogP contribution in [0.2, 0.25) is 0 Å². The standard InChI is InChI=1S/C15H26F3N/c1-10-6-7-11(2)14(8-10)19-13-5-3-4-12(9-13)15(16,17)18/h10-14,19H,3-9H2,1-2H3. The Morgan fingerprint density at radius 3 is 2.37 bits per heavy atom. The van der Waals surface area contributed by atoms with E-state index in [-0.39, 0.29) is 12.5 Å². The highest BCUT2D eigenvalue weighted by molar-refractivity contribution is 4.88. The maximum atomic E-state index is 12.8. The molecular formula is C15H26F3N. The lowest BCUT2D eigenvalue weighted by atomic mass is 9.78. The molecule has 2 rings (SSSR count). The maximum absolute atomic E-state index is 12.8. The van der Waals surface area contributed by atoms with Gasteiger partial charge < -0.3 is 5.32 Å². The van der Waals surface area contributed by atoms with Crippen LogP contribution < -0.4 is 5.32 Å². The summed E-state index contributed by atoms with van der Waals surface area (Å²) in [5, 5.41) is 3.54. The second-order valence-electron chi connectivity index (χ2n) is 6.77. The minimum Gasteiger partial charge on any atom is -0.311 e. The molecule has 0 aromatic carbocycles. The van der Waals surface area contributed by atoms with Crippen LogP contribution in [-0.2, 0) is 0 Å². The first-order valence-electron chi connectivity index (χ1n) is 7.69. The molecule has 2 saturated carbocycles. The van der Waals surface area contributed by atoms with E-state index in [1.165, 1.54) is 12.8 Å². The van der Waals surface area contributed by atoms with Crippen LogP contribution in [0.5, 0.6) is 0 Å². The molecule has 2 aliphatic rings. The third kappa shape index (κ3) is 4.11. The Morgan fingerprint density at radius 2 is 1.68 bits per heavy atom. The van der Waals surface area contributed by atoms with Crippen LogP contribution in [0, 0.1) is 17.8 Å². The highest BCUT2D eigenvalue weighted by Gasteiger charge is 2.42. The first kappa shape index (κ1) is 15.1. The highest BCUT2D eigenvalue weighted by atomic mass is 19.4. The number of nitrogens with one attached hydrogen (secondary N) is 1. The van der Waals surface area contributed by atoms with E-state index in [0.717, 1.165) is 12.8 Å². The lowest BCUT2D eigenvalue weighted by Gasteiger charge is -2.39. The fraction of sp³-hybridized carbons (Fsp3) is 1.00. The van der Waals surface area contributed by atoms with Crippen LogP contribution in [0.25, 0.3) is 0 Å². The summed E-state index contributed by atoms with van der Waals surface area (Å²) in [5.74, 6) is 0.216. The highest BCUT2D eigenvalue weighted by Crippen LogP contribution is 2.38. The van der Waals surface area contributed by atoms with Crippen LogP contribution in [0.3, 0.4) is 0 Å². The number of alkyl halides is 3. The zero-order valence-electron chi connectivity index (χ0n) is 12.0. The smallest absolute Gasteiger partial charge is 0.311 e. The molecule has 0 saturated heterocycles. The van der Waals surface area contributed by atoms with Crippen LogP contribution in [0.15, 0.2) is 0 Å². The molecule has 0 bridgehead atoms. The maximum Gasteiger partial charge on any atom is 0.391 e. The molecule has 0 aliphatic heterocycles. The topological polar surface area (TPSA) is 12.0 Å². The zero-order valence-corrected chi connectivity index (χ0v) is 12.0. The quantitative estimate of drug-likeness (QED) is 0.782. The molecule has 0 aromatic rings. The van der Waals surface area contributed by atoms with E-state index >= 15 is 0 Å². The average Bonchev–Trinajstić information content (AvgIpc) is 2.33. The van der Waals surface area contributed by atoms with Gasteiger partial charge in [0.05, 0.1) is 5.92 Å². The largest absolute Gasteiger partial charge is 0.391 e. The van der Waals surface area contributed by atoms with Crippen molar-refractivity contribution in [3.8, 4) is 0 Å². The van der Waals surface area contributed by atoms with E-state index < -0.39 is 12.1 Å². The van der Waals surface area contributed by atoms with Crippen LogP contribution in [-0.4, -0.2) is 18.3 Å². The van der Waals surface area contributed by atoms with E-state index in [0.29, 0.717) is 30.7 Å². The van der Waals surface area contributed by atoms with Crippen molar-refractivity contribution < 1.29 is 13.2 Å². The molecule has 2 fully saturated rings. The Bertz CT molecular complexity index is 290. The predicted octanol–water partition coefficient (Wildman–Crippen LogP) is 4.52. The molecule has 0 amide bonds. The molecule has 1 nitrogen and oxygen atoms in total. The van der Waals surface area contributed by atoms with Crippen molar-refractivity contribution in [2.45, 2.75) is 77.1 Å². The summed E-state index contributed by atoms with van der Waals surface area (Å²) >= 11 is 0. The zero-order chi connectivity index (χ0) is 14.0. The number of rotatable bonds is 2. The fourth-order valence-corrected chi connectivity index (χ4v) is 3.71. The monoisotopic (exact) mass is 277 g/mol. The van der Waals surface area contributed by atoms with Crippen molar-refractivity contribution in [2.24, 2.45) is 17.8 Å². The molecular weight excluding hydrogens is 251 g/mol. The van der Waals surface area contributed by atoms with Crippen molar-refractivity contribution in [1.29, 1.82) is 0 Å². The summed E-state index contributed by atoms with van der Waals surface area (Å²) in [7, 11) is 0. The molecule has 0 spiro atoms. The Labute approximate surface area is 114 Å². The molecule has 5 unspecified atom stereocenters. The van der Waals surface area contributed by atoms with Gasteiger partial charge in [0.25, 0.3) is 0 Å². The summed E-state index contributed by atoms with van der Waals surface area (Å²) in [6.07, 6.45) is 1.78. The van der Waals surface area contributed by atoms with Crippen molar-refractivity contribution in [3.05, 3.63) is 0 Å². The normalized spacial score (nSPS) is 41.2. The van der Waals surface area contributed by atoms with Crippen molar-refractivity contribution >= 4 is 0 Å². The van der Waals surface area contributed by atoms with E-state index in [1.807, 2.05) is 0 Å². The lowest BCUT2D eigenvalue weighted by molar-refractivity contribution is -0.184. The van der Waals surface area contributed by atoms with Crippen molar-refractivity contribution in [3.63, 3.8) is 0 Å². The third-order valence-corrected chi connectivity index (χ3v) is 5.04. The van der Waals surface area contributed by atoms with Gasteiger partial charge in [-0.1, -0.05) is 26.7 Å². The molecule has 0 radical (unpaired) electrons. The van der Waals surface area contributed by atoms with E-state index in [9.17, 15) is 13.2 Å². The molecule has 2 aliphatic carbocycles. The van der Waals surface area contributed by atoms with Gasteiger partial charge in [-0.2, -0.15) is 13.2 Å². The first-order valence-corrected chi connectivity index (χ1v) is 7.69. The van der Waals surface area contributed by atoms with Crippen molar-refractivity contribution in [2.75, 3.05) is 0 Å². The third-order valence-electron chi connectivity index (χ3n) is 5.04. The Morgan fingerprint density at radius 1 is 0.947 bits per heavy atom. The van der Waals surface area contributed by atoms with Gasteiger partial charge in [0.15, 0.2) is 0 Å². The minimum absolute atomic E-state index is 0.0677. The summed E-state index contributed by atoms with van der Waals surface area (Å²) in [6.45, 7) is 4.48. The average molecular weight is 277 g/mol. The van der Waals surface area contributed by atoms with Crippen molar-refractivity contribution in [1.82, 2.24) is 5.32 Å². The predicted molar refractivity (Wildman–Crippen MR) is 70.9 cm³/mol. The van der Waals surface area contributed by atoms with E-state index in [4.69, 9.17) is 0 Å². The summed E-state index contributed by atoms with van der Waals surface area (Å²) < 4.78 is 38.4. The summed E-state index contributed by atoms with van der Waals surface area (Å²) in [4.78, 5) is 0. The minimum atomic E-state index is -4.01. The SMILES string of the molecule is CC1CCC(C)C(NC2CCCC(C(F)(F)F)C2)C1. The van der Waals surface area contributed by atoms with Gasteiger partial charge >= 0.3 is 6.18 Å². The lowest BCUT2D eigenvalue weighted by Crippen LogP contribution is -2.47. The van der Waals surface area contributed by atoms with Gasteiger partial charge in [-0.15, -0.1) is 0 Å².